The Hall–Kier alpha value is -0.260. The quantitative estimate of drug-likeness (QED) is 0.506. The molecule has 3 saturated carbocycles. The summed E-state index contributed by atoms with van der Waals surface area (Å²) in [6.45, 7) is 7.03. The van der Waals surface area contributed by atoms with Crippen LogP contribution in [-0.2, 0) is 0 Å². The molecule has 3 aliphatic carbocycles. The molecule has 0 radical (unpaired) electrons. The SMILES string of the molecule is CC(C)(C)/C=C1/[C@H]2CC[C@@H]3C[C@H]2[C@H]1C3. The van der Waals surface area contributed by atoms with E-state index < -0.39 is 0 Å². The molecule has 0 aliphatic heterocycles. The van der Waals surface area contributed by atoms with Crippen LogP contribution in [0, 0.1) is 29.1 Å². The molecule has 0 aromatic rings. The third-order valence-electron chi connectivity index (χ3n) is 4.57. The molecule has 0 heterocycles. The molecule has 4 atom stereocenters. The van der Waals surface area contributed by atoms with Crippen LogP contribution in [0.5, 0.6) is 0 Å². The van der Waals surface area contributed by atoms with Gasteiger partial charge in [0.1, 0.15) is 0 Å². The molecule has 3 aliphatic rings. The Morgan fingerprint density at radius 1 is 1.07 bits per heavy atom. The fourth-order valence-corrected chi connectivity index (χ4v) is 4.16. The fraction of sp³-hybridized carbons (Fsp3) is 0.857. The second-order valence-electron chi connectivity index (χ2n) is 6.80. The normalized spacial score (nSPS) is 48.1. The third-order valence-corrected chi connectivity index (χ3v) is 4.57. The predicted molar refractivity (Wildman–Crippen MR) is 60.0 cm³/mol. The zero-order valence-electron chi connectivity index (χ0n) is 9.72. The highest BCUT2D eigenvalue weighted by Gasteiger charge is 2.53. The van der Waals surface area contributed by atoms with Gasteiger partial charge in [-0.2, -0.15) is 0 Å². The van der Waals surface area contributed by atoms with Gasteiger partial charge in [0.25, 0.3) is 0 Å². The molecule has 78 valence electrons. The van der Waals surface area contributed by atoms with Crippen molar-refractivity contribution in [2.75, 3.05) is 0 Å². The Kier molecular flexibility index (Phi) is 1.70. The summed E-state index contributed by atoms with van der Waals surface area (Å²) in [5.74, 6) is 4.25. The van der Waals surface area contributed by atoms with E-state index >= 15 is 0 Å². The van der Waals surface area contributed by atoms with Crippen LogP contribution in [0.25, 0.3) is 0 Å². The van der Waals surface area contributed by atoms with Crippen LogP contribution >= 0.6 is 0 Å². The van der Waals surface area contributed by atoms with Crippen molar-refractivity contribution in [2.24, 2.45) is 29.1 Å². The maximum absolute atomic E-state index is 2.59. The summed E-state index contributed by atoms with van der Waals surface area (Å²) in [6.07, 6.45) is 8.72. The van der Waals surface area contributed by atoms with E-state index in [9.17, 15) is 0 Å². The lowest BCUT2D eigenvalue weighted by Crippen LogP contribution is -2.37. The van der Waals surface area contributed by atoms with E-state index in [4.69, 9.17) is 0 Å². The lowest BCUT2D eigenvalue weighted by Gasteiger charge is -2.46. The van der Waals surface area contributed by atoms with Gasteiger partial charge in [0.05, 0.1) is 0 Å². The number of hydrogen-bond donors (Lipinski definition) is 0. The van der Waals surface area contributed by atoms with Gasteiger partial charge in [-0.25, -0.2) is 0 Å². The third kappa shape index (κ3) is 1.19. The van der Waals surface area contributed by atoms with Gasteiger partial charge in [0.2, 0.25) is 0 Å². The van der Waals surface area contributed by atoms with E-state index in [0.717, 1.165) is 23.7 Å². The van der Waals surface area contributed by atoms with Gasteiger partial charge in [0, 0.05) is 0 Å². The standard InChI is InChI=1S/C14H22/c1-14(2,3)8-13-10-5-4-9-6-11(10)12(13)7-9/h8-12H,4-7H2,1-3H3/b13-8-/t9-,10+,11-,12-/m1/s1. The van der Waals surface area contributed by atoms with E-state index in [2.05, 4.69) is 26.8 Å². The van der Waals surface area contributed by atoms with Crippen LogP contribution in [0.3, 0.4) is 0 Å². The van der Waals surface area contributed by atoms with Crippen molar-refractivity contribution in [1.29, 1.82) is 0 Å². The first-order valence-electron chi connectivity index (χ1n) is 6.27. The van der Waals surface area contributed by atoms with Gasteiger partial charge in [0.15, 0.2) is 0 Å². The summed E-state index contributed by atoms with van der Waals surface area (Å²) in [5, 5.41) is 0. The molecule has 0 aromatic carbocycles. The molecule has 0 nitrogen and oxygen atoms in total. The summed E-state index contributed by atoms with van der Waals surface area (Å²) < 4.78 is 0. The smallest absolute Gasteiger partial charge is 0.0163 e. The molecule has 0 unspecified atom stereocenters. The van der Waals surface area contributed by atoms with Crippen molar-refractivity contribution in [3.05, 3.63) is 11.6 Å². The minimum absolute atomic E-state index is 0.404. The Balaban J connectivity index is 1.88. The highest BCUT2D eigenvalue weighted by molar-refractivity contribution is 5.29. The molecule has 3 fully saturated rings. The maximum atomic E-state index is 2.59. The highest BCUT2D eigenvalue weighted by atomic mass is 14.6. The molecule has 0 saturated heterocycles. The average Bonchev–Trinajstić information content (AvgIpc) is 2.25. The van der Waals surface area contributed by atoms with Crippen LogP contribution in [0.2, 0.25) is 0 Å². The molecule has 0 aromatic heterocycles. The van der Waals surface area contributed by atoms with Gasteiger partial charge >= 0.3 is 0 Å². The van der Waals surface area contributed by atoms with E-state index in [0.29, 0.717) is 5.41 Å². The zero-order chi connectivity index (χ0) is 9.92. The first kappa shape index (κ1) is 9.00. The molecular weight excluding hydrogens is 168 g/mol. The van der Waals surface area contributed by atoms with E-state index in [1.165, 1.54) is 19.3 Å². The summed E-state index contributed by atoms with van der Waals surface area (Å²) in [6, 6.07) is 0. The number of rotatable bonds is 0. The largest absolute Gasteiger partial charge is 0.0793 e. The zero-order valence-corrected chi connectivity index (χ0v) is 9.72. The van der Waals surface area contributed by atoms with Gasteiger partial charge in [-0.15, -0.1) is 0 Å². The minimum atomic E-state index is 0.404. The van der Waals surface area contributed by atoms with Crippen molar-refractivity contribution < 1.29 is 0 Å². The Bertz CT molecular complexity index is 271. The van der Waals surface area contributed by atoms with E-state index in [1.807, 2.05) is 5.57 Å². The molecule has 0 spiro atoms. The summed E-state index contributed by atoms with van der Waals surface area (Å²) in [7, 11) is 0. The molecule has 3 rings (SSSR count). The van der Waals surface area contributed by atoms with Gasteiger partial charge in [-0.1, -0.05) is 32.4 Å². The molecule has 2 bridgehead atoms. The summed E-state index contributed by atoms with van der Waals surface area (Å²) in [5.41, 5.74) is 2.25. The summed E-state index contributed by atoms with van der Waals surface area (Å²) >= 11 is 0. The summed E-state index contributed by atoms with van der Waals surface area (Å²) in [4.78, 5) is 0. The van der Waals surface area contributed by atoms with Crippen molar-refractivity contribution in [1.82, 2.24) is 0 Å². The monoisotopic (exact) mass is 190 g/mol. The van der Waals surface area contributed by atoms with Crippen molar-refractivity contribution in [3.8, 4) is 0 Å². The minimum Gasteiger partial charge on any atom is -0.0793 e. The lowest BCUT2D eigenvalue weighted by molar-refractivity contribution is 0.170. The number of allylic oxidation sites excluding steroid dienone is 2. The first-order valence-corrected chi connectivity index (χ1v) is 6.27. The maximum Gasteiger partial charge on any atom is -0.0163 e. The number of hydrogen-bond acceptors (Lipinski definition) is 0. The number of fused-ring (bicyclic) bond motifs is 1. The first-order chi connectivity index (χ1) is 6.54. The Morgan fingerprint density at radius 2 is 1.86 bits per heavy atom. The fourth-order valence-electron chi connectivity index (χ4n) is 4.16. The van der Waals surface area contributed by atoms with E-state index in [1.54, 1.807) is 6.42 Å². The highest BCUT2D eigenvalue weighted by Crippen LogP contribution is 2.63. The van der Waals surface area contributed by atoms with E-state index in [-0.39, 0.29) is 0 Å². The van der Waals surface area contributed by atoms with Crippen LogP contribution < -0.4 is 0 Å². The lowest BCUT2D eigenvalue weighted by atomic mass is 9.59. The van der Waals surface area contributed by atoms with Crippen LogP contribution in [0.1, 0.15) is 46.5 Å². The Morgan fingerprint density at radius 3 is 2.57 bits per heavy atom. The molecular formula is C14H22. The van der Waals surface area contributed by atoms with Gasteiger partial charge in [-0.05, 0) is 54.8 Å². The van der Waals surface area contributed by atoms with Crippen LogP contribution in [0.4, 0.5) is 0 Å². The second-order valence-corrected chi connectivity index (χ2v) is 6.80. The van der Waals surface area contributed by atoms with Gasteiger partial charge < -0.3 is 0 Å². The molecule has 14 heavy (non-hydrogen) atoms. The molecule has 0 amide bonds. The topological polar surface area (TPSA) is 0 Å². The second kappa shape index (κ2) is 2.65. The molecule has 0 heteroatoms. The average molecular weight is 190 g/mol. The van der Waals surface area contributed by atoms with Gasteiger partial charge in [-0.3, -0.25) is 0 Å². The van der Waals surface area contributed by atoms with Crippen molar-refractivity contribution >= 4 is 0 Å². The molecule has 0 N–H and O–H groups in total. The Labute approximate surface area is 87.8 Å². The van der Waals surface area contributed by atoms with Crippen LogP contribution in [0.15, 0.2) is 11.6 Å². The van der Waals surface area contributed by atoms with Crippen molar-refractivity contribution in [2.45, 2.75) is 46.5 Å². The van der Waals surface area contributed by atoms with Crippen molar-refractivity contribution in [3.63, 3.8) is 0 Å². The predicted octanol–water partition coefficient (Wildman–Crippen LogP) is 4.02. The van der Waals surface area contributed by atoms with Crippen LogP contribution in [-0.4, -0.2) is 0 Å².